The highest BCUT2D eigenvalue weighted by molar-refractivity contribution is 7.92. The van der Waals surface area contributed by atoms with Gasteiger partial charge in [0, 0.05) is 11.3 Å². The minimum Gasteiger partial charge on any atom is -0.492 e. The summed E-state index contributed by atoms with van der Waals surface area (Å²) in [5.41, 5.74) is 3.41. The first-order valence-electron chi connectivity index (χ1n) is 9.92. The Morgan fingerprint density at radius 2 is 1.65 bits per heavy atom. The van der Waals surface area contributed by atoms with E-state index in [2.05, 4.69) is 10.0 Å². The first kappa shape index (κ1) is 22.4. The Morgan fingerprint density at radius 3 is 2.35 bits per heavy atom. The van der Waals surface area contributed by atoms with E-state index in [4.69, 9.17) is 4.74 Å². The lowest BCUT2D eigenvalue weighted by atomic mass is 10.1. The van der Waals surface area contributed by atoms with Crippen molar-refractivity contribution in [1.29, 1.82) is 0 Å². The van der Waals surface area contributed by atoms with Crippen LogP contribution < -0.4 is 14.8 Å². The molecular weight excluding hydrogens is 412 g/mol. The van der Waals surface area contributed by atoms with Crippen LogP contribution in [0.2, 0.25) is 0 Å². The Bertz CT molecular complexity index is 1170. The molecule has 0 spiro atoms. The molecule has 3 rings (SSSR count). The third-order valence-corrected chi connectivity index (χ3v) is 6.21. The highest BCUT2D eigenvalue weighted by atomic mass is 32.2. The number of sulfonamides is 1. The van der Waals surface area contributed by atoms with Gasteiger partial charge >= 0.3 is 0 Å². The Hall–Kier alpha value is -3.32. The number of carbonyl (C=O) groups excluding carboxylic acids is 1. The summed E-state index contributed by atoms with van der Waals surface area (Å²) >= 11 is 0. The van der Waals surface area contributed by atoms with Crippen LogP contribution in [-0.2, 0) is 10.0 Å². The average molecular weight is 439 g/mol. The van der Waals surface area contributed by atoms with Crippen molar-refractivity contribution in [2.45, 2.75) is 25.7 Å². The van der Waals surface area contributed by atoms with Gasteiger partial charge < -0.3 is 10.1 Å². The maximum absolute atomic E-state index is 12.9. The predicted octanol–water partition coefficient (Wildman–Crippen LogP) is 4.22. The summed E-state index contributed by atoms with van der Waals surface area (Å²) < 4.78 is 33.9. The van der Waals surface area contributed by atoms with Crippen molar-refractivity contribution >= 4 is 21.6 Å². The molecule has 0 radical (unpaired) electrons. The van der Waals surface area contributed by atoms with Gasteiger partial charge in [0.05, 0.1) is 11.4 Å². The third kappa shape index (κ3) is 6.08. The molecule has 0 fully saturated rings. The van der Waals surface area contributed by atoms with Crippen molar-refractivity contribution in [1.82, 2.24) is 5.32 Å². The van der Waals surface area contributed by atoms with E-state index in [1.807, 2.05) is 50.2 Å². The normalized spacial score (nSPS) is 11.1. The molecule has 1 amide bonds. The number of rotatable bonds is 8. The lowest BCUT2D eigenvalue weighted by Gasteiger charge is -2.13. The number of anilines is 1. The van der Waals surface area contributed by atoms with Gasteiger partial charge in [-0.05, 0) is 68.3 Å². The molecule has 0 atom stereocenters. The second kappa shape index (κ2) is 9.66. The molecule has 0 aromatic heterocycles. The van der Waals surface area contributed by atoms with Gasteiger partial charge in [-0.1, -0.05) is 35.9 Å². The highest BCUT2D eigenvalue weighted by Gasteiger charge is 2.19. The SMILES string of the molecule is Cc1ccc(NS(=O)(=O)c2cc(C(=O)NCCOc3cccc(C)c3)ccc2C)cc1. The fraction of sp³-hybridized carbons (Fsp3) is 0.208. The lowest BCUT2D eigenvalue weighted by Crippen LogP contribution is -2.28. The van der Waals surface area contributed by atoms with E-state index in [0.717, 1.165) is 16.9 Å². The number of carbonyl (C=O) groups is 1. The fourth-order valence-corrected chi connectivity index (χ4v) is 4.33. The molecule has 6 nitrogen and oxygen atoms in total. The zero-order valence-electron chi connectivity index (χ0n) is 17.8. The van der Waals surface area contributed by atoms with Crippen LogP contribution in [-0.4, -0.2) is 27.5 Å². The highest BCUT2D eigenvalue weighted by Crippen LogP contribution is 2.21. The minimum atomic E-state index is -3.83. The third-order valence-electron chi connectivity index (χ3n) is 4.69. The Kier molecular flexibility index (Phi) is 6.97. The molecule has 3 aromatic carbocycles. The molecule has 0 aliphatic carbocycles. The molecule has 0 unspecified atom stereocenters. The summed E-state index contributed by atoms with van der Waals surface area (Å²) in [5, 5.41) is 2.76. The summed E-state index contributed by atoms with van der Waals surface area (Å²) in [4.78, 5) is 12.6. The van der Waals surface area contributed by atoms with E-state index in [9.17, 15) is 13.2 Å². The van der Waals surface area contributed by atoms with Crippen molar-refractivity contribution in [3.05, 3.63) is 89.0 Å². The molecule has 3 aromatic rings. The second-order valence-corrected chi connectivity index (χ2v) is 9.02. The van der Waals surface area contributed by atoms with Gasteiger partial charge in [0.25, 0.3) is 15.9 Å². The molecule has 0 saturated carbocycles. The van der Waals surface area contributed by atoms with E-state index in [0.29, 0.717) is 24.4 Å². The average Bonchev–Trinajstić information content (AvgIpc) is 2.73. The number of ether oxygens (including phenoxy) is 1. The number of hydrogen-bond donors (Lipinski definition) is 2. The summed E-state index contributed by atoms with van der Waals surface area (Å²) in [5.74, 6) is 0.375. The standard InChI is InChI=1S/C24H26N2O4S/c1-17-7-11-21(12-8-17)26-31(28,29)23-16-20(10-9-19(23)3)24(27)25-13-14-30-22-6-4-5-18(2)15-22/h4-12,15-16,26H,13-14H2,1-3H3,(H,25,27). The minimum absolute atomic E-state index is 0.0664. The van der Waals surface area contributed by atoms with Crippen LogP contribution in [0.15, 0.2) is 71.6 Å². The fourth-order valence-electron chi connectivity index (χ4n) is 3.00. The number of benzene rings is 3. The topological polar surface area (TPSA) is 84.5 Å². The van der Waals surface area contributed by atoms with Crippen LogP contribution in [0, 0.1) is 20.8 Å². The van der Waals surface area contributed by atoms with Gasteiger partial charge in [-0.2, -0.15) is 0 Å². The molecule has 0 aliphatic rings. The smallest absolute Gasteiger partial charge is 0.262 e. The van der Waals surface area contributed by atoms with E-state index in [1.54, 1.807) is 31.2 Å². The Balaban J connectivity index is 1.65. The number of hydrogen-bond acceptors (Lipinski definition) is 4. The largest absolute Gasteiger partial charge is 0.492 e. The lowest BCUT2D eigenvalue weighted by molar-refractivity contribution is 0.0946. The second-order valence-electron chi connectivity index (χ2n) is 7.37. The Morgan fingerprint density at radius 1 is 0.903 bits per heavy atom. The van der Waals surface area contributed by atoms with Crippen LogP contribution in [0.1, 0.15) is 27.0 Å². The maximum Gasteiger partial charge on any atom is 0.262 e. The first-order valence-corrected chi connectivity index (χ1v) is 11.4. The van der Waals surface area contributed by atoms with Crippen LogP contribution in [0.3, 0.4) is 0 Å². The zero-order chi connectivity index (χ0) is 22.4. The van der Waals surface area contributed by atoms with Gasteiger partial charge in [-0.25, -0.2) is 8.42 Å². The van der Waals surface area contributed by atoms with Crippen LogP contribution in [0.5, 0.6) is 5.75 Å². The van der Waals surface area contributed by atoms with Gasteiger partial charge in [0.15, 0.2) is 0 Å². The van der Waals surface area contributed by atoms with Gasteiger partial charge in [0.1, 0.15) is 12.4 Å². The maximum atomic E-state index is 12.9. The number of nitrogens with one attached hydrogen (secondary N) is 2. The monoisotopic (exact) mass is 438 g/mol. The molecule has 0 aliphatic heterocycles. The quantitative estimate of drug-likeness (QED) is 0.516. The van der Waals surface area contributed by atoms with Crippen LogP contribution in [0.4, 0.5) is 5.69 Å². The van der Waals surface area contributed by atoms with Gasteiger partial charge in [-0.3, -0.25) is 9.52 Å². The molecule has 162 valence electrons. The van der Waals surface area contributed by atoms with Crippen molar-refractivity contribution in [2.24, 2.45) is 0 Å². The van der Waals surface area contributed by atoms with E-state index in [1.165, 1.54) is 6.07 Å². The van der Waals surface area contributed by atoms with E-state index in [-0.39, 0.29) is 16.4 Å². The molecule has 0 bridgehead atoms. The Labute approximate surface area is 183 Å². The van der Waals surface area contributed by atoms with Crippen LogP contribution >= 0.6 is 0 Å². The summed E-state index contributed by atoms with van der Waals surface area (Å²) in [6.45, 7) is 6.20. The summed E-state index contributed by atoms with van der Waals surface area (Å²) in [6.07, 6.45) is 0. The summed E-state index contributed by atoms with van der Waals surface area (Å²) in [7, 11) is -3.83. The van der Waals surface area contributed by atoms with Crippen molar-refractivity contribution in [3.63, 3.8) is 0 Å². The summed E-state index contributed by atoms with van der Waals surface area (Å²) in [6, 6.07) is 19.3. The van der Waals surface area contributed by atoms with E-state index >= 15 is 0 Å². The van der Waals surface area contributed by atoms with Crippen molar-refractivity contribution < 1.29 is 17.9 Å². The predicted molar refractivity (Wildman–Crippen MR) is 122 cm³/mol. The first-order chi connectivity index (χ1) is 14.7. The zero-order valence-corrected chi connectivity index (χ0v) is 18.6. The molecule has 0 heterocycles. The molecule has 2 N–H and O–H groups in total. The molecule has 7 heteroatoms. The molecular formula is C24H26N2O4S. The molecule has 0 saturated heterocycles. The van der Waals surface area contributed by atoms with Crippen molar-refractivity contribution in [2.75, 3.05) is 17.9 Å². The van der Waals surface area contributed by atoms with Gasteiger partial charge in [0.2, 0.25) is 0 Å². The van der Waals surface area contributed by atoms with Crippen LogP contribution in [0.25, 0.3) is 0 Å². The number of aryl methyl sites for hydroxylation is 3. The molecule has 31 heavy (non-hydrogen) atoms. The van der Waals surface area contributed by atoms with Gasteiger partial charge in [-0.15, -0.1) is 0 Å². The van der Waals surface area contributed by atoms with E-state index < -0.39 is 10.0 Å². The van der Waals surface area contributed by atoms with Crippen molar-refractivity contribution in [3.8, 4) is 5.75 Å². The number of amides is 1.